The lowest BCUT2D eigenvalue weighted by Crippen LogP contribution is -2.27. The van der Waals surface area contributed by atoms with Crippen LogP contribution in [0.2, 0.25) is 0 Å². The Bertz CT molecular complexity index is 524. The molecule has 0 aliphatic heterocycles. The van der Waals surface area contributed by atoms with E-state index in [1.165, 1.54) is 10.8 Å². The van der Waals surface area contributed by atoms with Crippen molar-refractivity contribution in [3.8, 4) is 0 Å². The number of hydrogen-bond acceptors (Lipinski definition) is 5. The minimum absolute atomic E-state index is 0.203. The molecule has 0 N–H and O–H groups in total. The second-order valence-corrected chi connectivity index (χ2v) is 6.46. The van der Waals surface area contributed by atoms with Crippen LogP contribution in [0.4, 0.5) is 4.79 Å². The molecule has 7 heteroatoms. The predicted molar refractivity (Wildman–Crippen MR) is 65.7 cm³/mol. The SMILES string of the molecule is CC(C)(C)OC(=O)n1cccc1COS(C)(=O)=O. The van der Waals surface area contributed by atoms with Gasteiger partial charge in [-0.2, -0.15) is 8.42 Å². The standard InChI is InChI=1S/C11H17NO5S/c1-11(2,3)17-10(13)12-7-5-6-9(12)8-16-18(4,14)15/h5-7H,8H2,1-4H3. The first-order chi connectivity index (χ1) is 8.08. The van der Waals surface area contributed by atoms with Gasteiger partial charge in [0.2, 0.25) is 0 Å². The van der Waals surface area contributed by atoms with Crippen molar-refractivity contribution in [3.63, 3.8) is 0 Å². The number of aromatic nitrogens is 1. The number of carbonyl (C=O) groups excluding carboxylic acids is 1. The zero-order chi connectivity index (χ0) is 14.0. The van der Waals surface area contributed by atoms with Crippen molar-refractivity contribution in [1.82, 2.24) is 4.57 Å². The fourth-order valence-corrected chi connectivity index (χ4v) is 1.53. The Labute approximate surface area is 107 Å². The molecule has 102 valence electrons. The fourth-order valence-electron chi connectivity index (χ4n) is 1.19. The van der Waals surface area contributed by atoms with E-state index in [-0.39, 0.29) is 6.61 Å². The summed E-state index contributed by atoms with van der Waals surface area (Å²) in [6.45, 7) is 5.05. The molecule has 0 spiro atoms. The highest BCUT2D eigenvalue weighted by Gasteiger charge is 2.19. The Morgan fingerprint density at radius 1 is 1.39 bits per heavy atom. The van der Waals surface area contributed by atoms with Gasteiger partial charge in [-0.05, 0) is 32.9 Å². The number of nitrogens with zero attached hydrogens (tertiary/aromatic N) is 1. The molecular formula is C11H17NO5S. The molecule has 1 rings (SSSR count). The van der Waals surface area contributed by atoms with E-state index in [1.54, 1.807) is 32.9 Å². The van der Waals surface area contributed by atoms with Gasteiger partial charge in [-0.3, -0.25) is 8.75 Å². The first-order valence-electron chi connectivity index (χ1n) is 5.32. The second-order valence-electron chi connectivity index (χ2n) is 4.82. The molecule has 0 aromatic carbocycles. The Hall–Kier alpha value is -1.34. The van der Waals surface area contributed by atoms with E-state index in [0.717, 1.165) is 6.26 Å². The Kier molecular flexibility index (Phi) is 4.18. The average molecular weight is 275 g/mol. The van der Waals surface area contributed by atoms with Crippen LogP contribution in [0, 0.1) is 0 Å². The third kappa shape index (κ3) is 4.89. The molecule has 1 aromatic heterocycles. The van der Waals surface area contributed by atoms with Gasteiger partial charge in [0.15, 0.2) is 0 Å². The predicted octanol–water partition coefficient (Wildman–Crippen LogP) is 1.75. The van der Waals surface area contributed by atoms with Gasteiger partial charge in [0, 0.05) is 6.20 Å². The highest BCUT2D eigenvalue weighted by atomic mass is 32.2. The zero-order valence-electron chi connectivity index (χ0n) is 10.8. The zero-order valence-corrected chi connectivity index (χ0v) is 11.7. The summed E-state index contributed by atoms with van der Waals surface area (Å²) in [6, 6.07) is 3.21. The van der Waals surface area contributed by atoms with Gasteiger partial charge >= 0.3 is 6.09 Å². The van der Waals surface area contributed by atoms with Crippen molar-refractivity contribution in [2.75, 3.05) is 6.26 Å². The Morgan fingerprint density at radius 2 is 2.00 bits per heavy atom. The largest absolute Gasteiger partial charge is 0.443 e. The normalized spacial score (nSPS) is 12.4. The smallest absolute Gasteiger partial charge is 0.418 e. The van der Waals surface area contributed by atoms with Gasteiger partial charge in [0.05, 0.1) is 11.9 Å². The molecule has 1 heterocycles. The van der Waals surface area contributed by atoms with Crippen LogP contribution in [0.15, 0.2) is 18.3 Å². The van der Waals surface area contributed by atoms with Gasteiger partial charge in [0.25, 0.3) is 10.1 Å². The molecule has 0 saturated carbocycles. The first kappa shape index (κ1) is 14.7. The van der Waals surface area contributed by atoms with Gasteiger partial charge in [-0.25, -0.2) is 4.79 Å². The summed E-state index contributed by atoms with van der Waals surface area (Å²) in [5, 5.41) is 0. The van der Waals surface area contributed by atoms with Gasteiger partial charge in [0.1, 0.15) is 12.2 Å². The summed E-state index contributed by atoms with van der Waals surface area (Å²) in [4.78, 5) is 11.8. The van der Waals surface area contributed by atoms with Crippen LogP contribution in [0.5, 0.6) is 0 Å². The second kappa shape index (κ2) is 5.11. The lowest BCUT2D eigenvalue weighted by atomic mass is 10.2. The summed E-state index contributed by atoms with van der Waals surface area (Å²) >= 11 is 0. The average Bonchev–Trinajstić information content (AvgIpc) is 2.58. The molecular weight excluding hydrogens is 258 g/mol. The Morgan fingerprint density at radius 3 is 2.50 bits per heavy atom. The summed E-state index contributed by atoms with van der Waals surface area (Å²) in [5.74, 6) is 0. The lowest BCUT2D eigenvalue weighted by Gasteiger charge is -2.20. The van der Waals surface area contributed by atoms with E-state index in [1.807, 2.05) is 0 Å². The van der Waals surface area contributed by atoms with Gasteiger partial charge in [-0.15, -0.1) is 0 Å². The molecule has 0 amide bonds. The van der Waals surface area contributed by atoms with Crippen molar-refractivity contribution in [3.05, 3.63) is 24.0 Å². The molecule has 0 unspecified atom stereocenters. The van der Waals surface area contributed by atoms with Crippen LogP contribution in [0.3, 0.4) is 0 Å². The molecule has 1 aromatic rings. The number of ether oxygens (including phenoxy) is 1. The quantitative estimate of drug-likeness (QED) is 0.786. The van der Waals surface area contributed by atoms with Crippen LogP contribution in [-0.4, -0.2) is 30.9 Å². The van der Waals surface area contributed by atoms with Crippen LogP contribution in [0.25, 0.3) is 0 Å². The minimum Gasteiger partial charge on any atom is -0.443 e. The molecule has 18 heavy (non-hydrogen) atoms. The number of carbonyl (C=O) groups is 1. The highest BCUT2D eigenvalue weighted by Crippen LogP contribution is 2.12. The van der Waals surface area contributed by atoms with E-state index >= 15 is 0 Å². The maximum absolute atomic E-state index is 11.8. The Balaban J connectivity index is 2.80. The van der Waals surface area contributed by atoms with E-state index in [4.69, 9.17) is 4.74 Å². The maximum atomic E-state index is 11.8. The third-order valence-electron chi connectivity index (χ3n) is 1.84. The summed E-state index contributed by atoms with van der Waals surface area (Å²) in [6.07, 6.45) is 1.88. The monoisotopic (exact) mass is 275 g/mol. The highest BCUT2D eigenvalue weighted by molar-refractivity contribution is 7.85. The summed E-state index contributed by atoms with van der Waals surface area (Å²) < 4.78 is 32.8. The van der Waals surface area contributed by atoms with Crippen LogP contribution in [-0.2, 0) is 25.6 Å². The van der Waals surface area contributed by atoms with Crippen molar-refractivity contribution in [2.24, 2.45) is 0 Å². The molecule has 0 fully saturated rings. The summed E-state index contributed by atoms with van der Waals surface area (Å²) in [7, 11) is -3.54. The van der Waals surface area contributed by atoms with Crippen molar-refractivity contribution in [1.29, 1.82) is 0 Å². The van der Waals surface area contributed by atoms with Crippen molar-refractivity contribution < 1.29 is 22.1 Å². The van der Waals surface area contributed by atoms with Gasteiger partial charge in [-0.1, -0.05) is 0 Å². The summed E-state index contributed by atoms with van der Waals surface area (Å²) in [5.41, 5.74) is -0.203. The molecule has 0 radical (unpaired) electrons. The fraction of sp³-hybridized carbons (Fsp3) is 0.545. The third-order valence-corrected chi connectivity index (χ3v) is 2.39. The van der Waals surface area contributed by atoms with E-state index in [2.05, 4.69) is 4.18 Å². The van der Waals surface area contributed by atoms with E-state index in [9.17, 15) is 13.2 Å². The molecule has 0 saturated heterocycles. The van der Waals surface area contributed by atoms with Crippen molar-refractivity contribution >= 4 is 16.2 Å². The van der Waals surface area contributed by atoms with E-state index in [0.29, 0.717) is 5.69 Å². The van der Waals surface area contributed by atoms with Crippen LogP contribution in [0.1, 0.15) is 26.5 Å². The molecule has 0 aliphatic rings. The lowest BCUT2D eigenvalue weighted by molar-refractivity contribution is 0.0527. The molecule has 0 bridgehead atoms. The number of rotatable bonds is 3. The molecule has 0 atom stereocenters. The molecule has 6 nitrogen and oxygen atoms in total. The van der Waals surface area contributed by atoms with Crippen LogP contribution < -0.4 is 0 Å². The minimum atomic E-state index is -3.54. The topological polar surface area (TPSA) is 74.6 Å². The van der Waals surface area contributed by atoms with Gasteiger partial charge < -0.3 is 4.74 Å². The van der Waals surface area contributed by atoms with Crippen LogP contribution >= 0.6 is 0 Å². The maximum Gasteiger partial charge on any atom is 0.418 e. The first-order valence-corrected chi connectivity index (χ1v) is 7.14. The van der Waals surface area contributed by atoms with E-state index < -0.39 is 21.8 Å². The molecule has 0 aliphatic carbocycles. The number of hydrogen-bond donors (Lipinski definition) is 0. The van der Waals surface area contributed by atoms with Crippen molar-refractivity contribution in [2.45, 2.75) is 33.0 Å².